The Morgan fingerprint density at radius 1 is 1.37 bits per heavy atom. The van der Waals surface area contributed by atoms with Crippen LogP contribution in [0.3, 0.4) is 0 Å². The molecule has 0 aliphatic rings. The van der Waals surface area contributed by atoms with Crippen molar-refractivity contribution in [3.63, 3.8) is 0 Å². The van der Waals surface area contributed by atoms with E-state index in [1.807, 2.05) is 0 Å². The summed E-state index contributed by atoms with van der Waals surface area (Å²) in [6, 6.07) is 4.37. The van der Waals surface area contributed by atoms with Gasteiger partial charge >= 0.3 is 0 Å². The molecule has 0 saturated carbocycles. The predicted molar refractivity (Wildman–Crippen MR) is 74.3 cm³/mol. The molecule has 0 atom stereocenters. The molecule has 2 aromatic rings. The van der Waals surface area contributed by atoms with Crippen molar-refractivity contribution in [1.29, 1.82) is 0 Å². The highest BCUT2D eigenvalue weighted by atomic mass is 79.9. The van der Waals surface area contributed by atoms with Crippen LogP contribution in [0, 0.1) is 5.82 Å². The van der Waals surface area contributed by atoms with Crippen LogP contribution >= 0.6 is 15.9 Å². The van der Waals surface area contributed by atoms with Crippen LogP contribution in [0.4, 0.5) is 4.39 Å². The van der Waals surface area contributed by atoms with Gasteiger partial charge in [0, 0.05) is 10.9 Å². The lowest BCUT2D eigenvalue weighted by Crippen LogP contribution is -2.14. The molecule has 1 aromatic heterocycles. The summed E-state index contributed by atoms with van der Waals surface area (Å²) < 4.78 is 19.2. The van der Waals surface area contributed by atoms with E-state index in [2.05, 4.69) is 38.4 Å². The summed E-state index contributed by atoms with van der Waals surface area (Å²) in [5.74, 6) is 0.704. The third-order valence-corrected chi connectivity index (χ3v) is 3.28. The third-order valence-electron chi connectivity index (χ3n) is 2.62. The number of nitrogens with zero attached hydrogens (tertiary/aromatic N) is 2. The van der Waals surface area contributed by atoms with E-state index in [9.17, 15) is 4.39 Å². The molecule has 19 heavy (non-hydrogen) atoms. The first kappa shape index (κ1) is 14.1. The zero-order chi connectivity index (χ0) is 13.7. The van der Waals surface area contributed by atoms with E-state index in [0.29, 0.717) is 21.8 Å². The van der Waals surface area contributed by atoms with E-state index in [-0.39, 0.29) is 5.82 Å². The molecule has 0 aliphatic heterocycles. The van der Waals surface area contributed by atoms with Gasteiger partial charge in [-0.25, -0.2) is 4.39 Å². The van der Waals surface area contributed by atoms with Gasteiger partial charge in [-0.2, -0.15) is 0 Å². The molecule has 0 bridgehead atoms. The quantitative estimate of drug-likeness (QED) is 0.828. The second-order valence-electron chi connectivity index (χ2n) is 4.08. The minimum absolute atomic E-state index is 0.305. The van der Waals surface area contributed by atoms with Gasteiger partial charge in [0.2, 0.25) is 11.8 Å². The third kappa shape index (κ3) is 3.84. The maximum absolute atomic E-state index is 13.0. The first-order valence-electron chi connectivity index (χ1n) is 6.19. The van der Waals surface area contributed by atoms with Crippen LogP contribution in [-0.2, 0) is 6.42 Å². The van der Waals surface area contributed by atoms with Crippen molar-refractivity contribution in [3.8, 4) is 11.5 Å². The van der Waals surface area contributed by atoms with Crippen molar-refractivity contribution in [2.24, 2.45) is 0 Å². The number of benzene rings is 1. The van der Waals surface area contributed by atoms with Gasteiger partial charge in [-0.3, -0.25) is 0 Å². The zero-order valence-corrected chi connectivity index (χ0v) is 12.2. The van der Waals surface area contributed by atoms with Crippen molar-refractivity contribution in [2.45, 2.75) is 19.8 Å². The minimum Gasteiger partial charge on any atom is -0.421 e. The van der Waals surface area contributed by atoms with E-state index in [0.717, 1.165) is 25.9 Å². The average molecular weight is 328 g/mol. The van der Waals surface area contributed by atoms with Crippen LogP contribution in [-0.4, -0.2) is 23.3 Å². The lowest BCUT2D eigenvalue weighted by Gasteiger charge is -1.99. The second kappa shape index (κ2) is 6.77. The Hall–Kier alpha value is -1.27. The molecule has 4 nitrogen and oxygen atoms in total. The van der Waals surface area contributed by atoms with Crippen molar-refractivity contribution < 1.29 is 8.81 Å². The number of rotatable bonds is 6. The highest BCUT2D eigenvalue weighted by Crippen LogP contribution is 2.27. The van der Waals surface area contributed by atoms with E-state index < -0.39 is 0 Å². The van der Waals surface area contributed by atoms with E-state index >= 15 is 0 Å². The Morgan fingerprint density at radius 3 is 2.95 bits per heavy atom. The van der Waals surface area contributed by atoms with E-state index in [4.69, 9.17) is 4.42 Å². The molecule has 6 heteroatoms. The van der Waals surface area contributed by atoms with E-state index in [1.54, 1.807) is 6.07 Å². The van der Waals surface area contributed by atoms with Gasteiger partial charge in [0.25, 0.3) is 0 Å². The Labute approximate surface area is 119 Å². The van der Waals surface area contributed by atoms with Crippen molar-refractivity contribution in [2.75, 3.05) is 13.1 Å². The lowest BCUT2D eigenvalue weighted by atomic mass is 10.2. The molecule has 0 spiro atoms. The average Bonchev–Trinajstić information content (AvgIpc) is 2.83. The molecule has 1 N–H and O–H groups in total. The van der Waals surface area contributed by atoms with E-state index in [1.165, 1.54) is 12.1 Å². The smallest absolute Gasteiger partial charge is 0.248 e. The zero-order valence-electron chi connectivity index (χ0n) is 10.6. The largest absolute Gasteiger partial charge is 0.421 e. The molecule has 0 unspecified atom stereocenters. The van der Waals surface area contributed by atoms with Crippen molar-refractivity contribution >= 4 is 15.9 Å². The standard InChI is InChI=1S/C13H15BrFN3O/c1-2-16-7-3-4-12-17-18-13(19-12)10-6-5-9(15)8-11(10)14/h5-6,8,16H,2-4,7H2,1H3. The van der Waals surface area contributed by atoms with Gasteiger partial charge in [-0.15, -0.1) is 10.2 Å². The van der Waals surface area contributed by atoms with Gasteiger partial charge < -0.3 is 9.73 Å². The van der Waals surface area contributed by atoms with Gasteiger partial charge in [0.05, 0.1) is 5.56 Å². The first-order chi connectivity index (χ1) is 9.20. The molecule has 2 rings (SSSR count). The van der Waals surface area contributed by atoms with Gasteiger partial charge in [0.1, 0.15) is 5.82 Å². The fourth-order valence-corrected chi connectivity index (χ4v) is 2.19. The number of aromatic nitrogens is 2. The number of hydrogen-bond acceptors (Lipinski definition) is 4. The molecule has 1 heterocycles. The Morgan fingerprint density at radius 2 is 2.21 bits per heavy atom. The summed E-state index contributed by atoms with van der Waals surface area (Å²) in [5.41, 5.74) is 0.701. The van der Waals surface area contributed by atoms with Crippen molar-refractivity contribution in [3.05, 3.63) is 34.4 Å². The molecule has 0 saturated heterocycles. The molecular weight excluding hydrogens is 313 g/mol. The summed E-state index contributed by atoms with van der Waals surface area (Å²) in [6.45, 7) is 3.95. The second-order valence-corrected chi connectivity index (χ2v) is 4.94. The molecule has 1 aromatic carbocycles. The predicted octanol–water partition coefficient (Wildman–Crippen LogP) is 3.18. The topological polar surface area (TPSA) is 51.0 Å². The summed E-state index contributed by atoms with van der Waals surface area (Å²) in [4.78, 5) is 0. The number of halogens is 2. The van der Waals surface area contributed by atoms with Crippen LogP contribution in [0.5, 0.6) is 0 Å². The highest BCUT2D eigenvalue weighted by Gasteiger charge is 2.12. The van der Waals surface area contributed by atoms with Gasteiger partial charge in [-0.05, 0) is 53.6 Å². The highest BCUT2D eigenvalue weighted by molar-refractivity contribution is 9.10. The summed E-state index contributed by atoms with van der Waals surface area (Å²) in [7, 11) is 0. The fourth-order valence-electron chi connectivity index (χ4n) is 1.67. The molecule has 102 valence electrons. The molecule has 0 aliphatic carbocycles. The van der Waals surface area contributed by atoms with Crippen LogP contribution in [0.25, 0.3) is 11.5 Å². The lowest BCUT2D eigenvalue weighted by molar-refractivity contribution is 0.492. The number of aryl methyl sites for hydroxylation is 1. The first-order valence-corrected chi connectivity index (χ1v) is 6.98. The van der Waals surface area contributed by atoms with Crippen LogP contribution in [0.15, 0.2) is 27.1 Å². The molecule has 0 radical (unpaired) electrons. The fraction of sp³-hybridized carbons (Fsp3) is 0.385. The Bertz CT molecular complexity index is 544. The monoisotopic (exact) mass is 327 g/mol. The van der Waals surface area contributed by atoms with Crippen LogP contribution in [0.2, 0.25) is 0 Å². The van der Waals surface area contributed by atoms with Gasteiger partial charge in [-0.1, -0.05) is 6.92 Å². The Kier molecular flexibility index (Phi) is 5.04. The molecular formula is C13H15BrFN3O. The SMILES string of the molecule is CCNCCCc1nnc(-c2ccc(F)cc2Br)o1. The molecule has 0 fully saturated rings. The summed E-state index contributed by atoms with van der Waals surface area (Å²) in [5, 5.41) is 11.2. The number of nitrogens with one attached hydrogen (secondary N) is 1. The maximum Gasteiger partial charge on any atom is 0.248 e. The Balaban J connectivity index is 2.04. The number of hydrogen-bond donors (Lipinski definition) is 1. The van der Waals surface area contributed by atoms with Crippen molar-refractivity contribution in [1.82, 2.24) is 15.5 Å². The summed E-state index contributed by atoms with van der Waals surface area (Å²) >= 11 is 3.29. The summed E-state index contributed by atoms with van der Waals surface area (Å²) in [6.07, 6.45) is 1.68. The normalized spacial score (nSPS) is 10.9. The maximum atomic E-state index is 13.0. The van der Waals surface area contributed by atoms with Gasteiger partial charge in [0.15, 0.2) is 0 Å². The van der Waals surface area contributed by atoms with Crippen LogP contribution < -0.4 is 5.32 Å². The van der Waals surface area contributed by atoms with Crippen LogP contribution in [0.1, 0.15) is 19.2 Å². The molecule has 0 amide bonds. The minimum atomic E-state index is -0.305.